The lowest BCUT2D eigenvalue weighted by Gasteiger charge is -2.61. The van der Waals surface area contributed by atoms with Crippen molar-refractivity contribution in [3.63, 3.8) is 0 Å². The molecule has 0 radical (unpaired) electrons. The van der Waals surface area contributed by atoms with Gasteiger partial charge in [0.2, 0.25) is 5.91 Å². The first kappa shape index (κ1) is 37.6. The molecule has 6 atom stereocenters. The van der Waals surface area contributed by atoms with Gasteiger partial charge in [0.25, 0.3) is 0 Å². The molecular formula is C39H51N3O10. The summed E-state index contributed by atoms with van der Waals surface area (Å²) in [6, 6.07) is 12.4. The zero-order valence-electron chi connectivity index (χ0n) is 30.9. The van der Waals surface area contributed by atoms with Crippen LogP contribution in [0.15, 0.2) is 54.3 Å². The monoisotopic (exact) mass is 721 g/mol. The van der Waals surface area contributed by atoms with Crippen molar-refractivity contribution in [2.24, 2.45) is 0 Å². The summed E-state index contributed by atoms with van der Waals surface area (Å²) in [5, 5.41) is 17.9. The number of amides is 2. The normalized spacial score (nSPS) is 25.5. The molecule has 2 bridgehead atoms. The molecule has 2 heterocycles. The summed E-state index contributed by atoms with van der Waals surface area (Å²) in [5.74, 6) is 0.618. The molecule has 1 saturated heterocycles. The average Bonchev–Trinajstić information content (AvgIpc) is 3.46. The van der Waals surface area contributed by atoms with Crippen LogP contribution < -0.4 is 20.1 Å². The topological polar surface area (TPSA) is 154 Å². The number of likely N-dealkylation sites (tertiary alicyclic amines) is 1. The number of benzene rings is 2. The van der Waals surface area contributed by atoms with Crippen LogP contribution in [0.4, 0.5) is 4.79 Å². The van der Waals surface area contributed by atoms with E-state index in [0.717, 1.165) is 23.2 Å². The highest BCUT2D eigenvalue weighted by Gasteiger charge is 2.72. The Morgan fingerprint density at radius 2 is 1.90 bits per heavy atom. The van der Waals surface area contributed by atoms with E-state index in [1.165, 1.54) is 0 Å². The maximum absolute atomic E-state index is 13.3. The summed E-state index contributed by atoms with van der Waals surface area (Å²) in [7, 11) is 3.64. The zero-order valence-corrected chi connectivity index (χ0v) is 30.9. The molecule has 0 aromatic heterocycles. The second kappa shape index (κ2) is 15.1. The van der Waals surface area contributed by atoms with Crippen molar-refractivity contribution in [3.8, 4) is 11.5 Å². The van der Waals surface area contributed by atoms with Gasteiger partial charge in [0, 0.05) is 31.0 Å². The van der Waals surface area contributed by atoms with Crippen LogP contribution >= 0.6 is 0 Å². The van der Waals surface area contributed by atoms with Crippen LogP contribution in [0.25, 0.3) is 0 Å². The van der Waals surface area contributed by atoms with Crippen molar-refractivity contribution in [2.45, 2.75) is 101 Å². The number of nitrogens with zero attached hydrogens (tertiary/aromatic N) is 1. The Balaban J connectivity index is 0.979. The van der Waals surface area contributed by atoms with E-state index in [1.54, 1.807) is 40.9 Å². The molecule has 2 amide bonds. The Morgan fingerprint density at radius 1 is 1.13 bits per heavy atom. The minimum Gasteiger partial charge on any atom is -0.493 e. The Kier molecular flexibility index (Phi) is 10.9. The van der Waals surface area contributed by atoms with Crippen molar-refractivity contribution in [2.75, 3.05) is 40.6 Å². The van der Waals surface area contributed by atoms with E-state index in [-0.39, 0.29) is 25.3 Å². The summed E-state index contributed by atoms with van der Waals surface area (Å²) < 4.78 is 34.7. The first-order valence-electron chi connectivity index (χ1n) is 18.0. The van der Waals surface area contributed by atoms with Gasteiger partial charge in [-0.15, -0.1) is 0 Å². The van der Waals surface area contributed by atoms with Crippen molar-refractivity contribution < 1.29 is 47.9 Å². The fourth-order valence-corrected chi connectivity index (χ4v) is 8.08. The lowest BCUT2D eigenvalue weighted by molar-refractivity contribution is -0.176. The first-order chi connectivity index (χ1) is 24.8. The molecule has 4 aliphatic rings. The van der Waals surface area contributed by atoms with Crippen molar-refractivity contribution in [3.05, 3.63) is 71.0 Å². The number of esters is 1. The van der Waals surface area contributed by atoms with E-state index in [4.69, 9.17) is 28.4 Å². The molecular weight excluding hydrogens is 670 g/mol. The molecule has 1 spiro atoms. The average molecular weight is 722 g/mol. The van der Waals surface area contributed by atoms with E-state index in [9.17, 15) is 19.5 Å². The van der Waals surface area contributed by atoms with E-state index in [2.05, 4.69) is 21.6 Å². The van der Waals surface area contributed by atoms with Gasteiger partial charge in [-0.3, -0.25) is 4.79 Å². The zero-order chi connectivity index (χ0) is 37.3. The summed E-state index contributed by atoms with van der Waals surface area (Å²) in [5.41, 5.74) is 0.399. The molecule has 6 rings (SSSR count). The SMILES string of the molecule is COc1ccc2c3c1O[C@H]1C(OC(=O)[C@H](C)OCOCCCNC(=O)[C@H](Cc4ccccc4)NC(=O)OC(C)(C)C)=CC[C@@]4(O)[C@@H](C2)N(C)CC[C@]314. The Morgan fingerprint density at radius 3 is 2.63 bits per heavy atom. The number of nitrogens with one attached hydrogen (secondary N) is 2. The quantitative estimate of drug-likeness (QED) is 0.149. The molecule has 0 unspecified atom stereocenters. The van der Waals surface area contributed by atoms with Gasteiger partial charge in [-0.2, -0.15) is 0 Å². The highest BCUT2D eigenvalue weighted by Crippen LogP contribution is 2.65. The van der Waals surface area contributed by atoms with Gasteiger partial charge in [0.1, 0.15) is 24.2 Å². The second-order valence-corrected chi connectivity index (χ2v) is 15.1. The summed E-state index contributed by atoms with van der Waals surface area (Å²) >= 11 is 0. The molecule has 2 aromatic carbocycles. The minimum atomic E-state index is -1.10. The highest BCUT2D eigenvalue weighted by atomic mass is 16.7. The Hall–Kier alpha value is -4.17. The first-order valence-corrected chi connectivity index (χ1v) is 18.0. The molecule has 3 N–H and O–H groups in total. The number of ether oxygens (including phenoxy) is 6. The van der Waals surface area contributed by atoms with Crippen LogP contribution in [0.5, 0.6) is 11.5 Å². The number of piperidine rings is 1. The standard InChI is InChI=1S/C39H51N3O10/c1-24(49-23-48-20-10-18-40-34(43)27(21-25-11-8-7-9-12-25)41-36(45)52-37(2,3)4)35(44)50-29-15-16-39(46)30-22-26-13-14-28(47-6)32-31(26)38(39,33(29)51-32)17-19-42(30)5/h7-9,11-15,24,27,30,33,46H,10,16-23H2,1-6H3,(H,40,43)(H,41,45)/t24-,27-,30+,33-,38-,39+/m0/s1. The van der Waals surface area contributed by atoms with E-state index in [0.29, 0.717) is 55.9 Å². The van der Waals surface area contributed by atoms with Gasteiger partial charge in [0.15, 0.2) is 23.7 Å². The molecule has 52 heavy (non-hydrogen) atoms. The molecule has 282 valence electrons. The fourth-order valence-electron chi connectivity index (χ4n) is 8.08. The fraction of sp³-hybridized carbons (Fsp3) is 0.564. The lowest BCUT2D eigenvalue weighted by atomic mass is 9.50. The minimum absolute atomic E-state index is 0.106. The van der Waals surface area contributed by atoms with Gasteiger partial charge in [-0.1, -0.05) is 36.4 Å². The Labute approximate surface area is 304 Å². The molecule has 13 nitrogen and oxygen atoms in total. The van der Waals surface area contributed by atoms with Gasteiger partial charge >= 0.3 is 12.1 Å². The number of aliphatic hydroxyl groups is 1. The van der Waals surface area contributed by atoms with Crippen molar-refractivity contribution in [1.82, 2.24) is 15.5 Å². The predicted octanol–water partition coefficient (Wildman–Crippen LogP) is 3.54. The number of carbonyl (C=O) groups is 3. The molecule has 0 saturated carbocycles. The van der Waals surface area contributed by atoms with Crippen LogP contribution in [-0.4, -0.2) is 104 Å². The van der Waals surface area contributed by atoms with Gasteiger partial charge < -0.3 is 49.1 Å². The molecule has 1 fully saturated rings. The number of carbonyl (C=O) groups excluding carboxylic acids is 3. The van der Waals surface area contributed by atoms with Gasteiger partial charge in [-0.25, -0.2) is 9.59 Å². The summed E-state index contributed by atoms with van der Waals surface area (Å²) in [4.78, 5) is 40.9. The van der Waals surface area contributed by atoms with Crippen molar-refractivity contribution >= 4 is 18.0 Å². The Bertz CT molecular complexity index is 1680. The number of hydrogen-bond acceptors (Lipinski definition) is 11. The van der Waals surface area contributed by atoms with Crippen LogP contribution in [0.1, 0.15) is 63.6 Å². The maximum atomic E-state index is 13.3. The number of methoxy groups -OCH3 is 1. The van der Waals surface area contributed by atoms with Crippen LogP contribution in [0.2, 0.25) is 0 Å². The lowest BCUT2D eigenvalue weighted by Crippen LogP contribution is -2.74. The third kappa shape index (κ3) is 7.23. The van der Waals surface area contributed by atoms with E-state index in [1.807, 2.05) is 43.4 Å². The van der Waals surface area contributed by atoms with Crippen LogP contribution in [-0.2, 0) is 46.8 Å². The third-order valence-corrected chi connectivity index (χ3v) is 10.6. The van der Waals surface area contributed by atoms with E-state index < -0.39 is 46.9 Å². The predicted molar refractivity (Wildman–Crippen MR) is 190 cm³/mol. The number of hydrogen-bond donors (Lipinski definition) is 3. The van der Waals surface area contributed by atoms with E-state index >= 15 is 0 Å². The molecule has 2 aliphatic carbocycles. The third-order valence-electron chi connectivity index (χ3n) is 10.6. The highest BCUT2D eigenvalue weighted by molar-refractivity contribution is 5.86. The van der Waals surface area contributed by atoms with Crippen molar-refractivity contribution in [1.29, 1.82) is 0 Å². The van der Waals surface area contributed by atoms with Crippen LogP contribution in [0, 0.1) is 0 Å². The summed E-state index contributed by atoms with van der Waals surface area (Å²) in [6.07, 6.45) is 1.89. The second-order valence-electron chi connectivity index (χ2n) is 15.1. The largest absolute Gasteiger partial charge is 0.493 e. The molecule has 13 heteroatoms. The maximum Gasteiger partial charge on any atom is 0.408 e. The number of rotatable bonds is 14. The number of likely N-dealkylation sites (N-methyl/N-ethyl adjacent to an activating group) is 1. The smallest absolute Gasteiger partial charge is 0.408 e. The van der Waals surface area contributed by atoms with Crippen LogP contribution in [0.3, 0.4) is 0 Å². The molecule has 2 aliphatic heterocycles. The summed E-state index contributed by atoms with van der Waals surface area (Å²) in [6.45, 7) is 8.02. The van der Waals surface area contributed by atoms with Gasteiger partial charge in [-0.05, 0) is 83.8 Å². The number of alkyl carbamates (subject to hydrolysis) is 1. The molecule has 2 aromatic rings. The van der Waals surface area contributed by atoms with Gasteiger partial charge in [0.05, 0.1) is 24.7 Å².